The normalized spacial score (nSPS) is 16.4. The molecule has 106 valence electrons. The van der Waals surface area contributed by atoms with Crippen molar-refractivity contribution in [2.45, 2.75) is 38.8 Å². The molecule has 0 saturated heterocycles. The average Bonchev–Trinajstić information content (AvgIpc) is 3.14. The van der Waals surface area contributed by atoms with Crippen LogP contribution in [0.2, 0.25) is 0 Å². The SMILES string of the molecule is CCOC(=O)c1coc(NCC(C)N(C)C2CC2)n1. The number of likely N-dealkylation sites (N-methyl/N-ethyl adjacent to an activating group) is 1. The highest BCUT2D eigenvalue weighted by Crippen LogP contribution is 2.26. The molecule has 19 heavy (non-hydrogen) atoms. The van der Waals surface area contributed by atoms with Gasteiger partial charge in [-0.3, -0.25) is 4.90 Å². The summed E-state index contributed by atoms with van der Waals surface area (Å²) in [6.45, 7) is 4.97. The molecular formula is C13H21N3O3. The maximum absolute atomic E-state index is 11.4. The Hall–Kier alpha value is -1.56. The van der Waals surface area contributed by atoms with E-state index in [-0.39, 0.29) is 5.69 Å². The van der Waals surface area contributed by atoms with Gasteiger partial charge in [-0.25, -0.2) is 4.79 Å². The van der Waals surface area contributed by atoms with Crippen LogP contribution >= 0.6 is 0 Å². The highest BCUT2D eigenvalue weighted by atomic mass is 16.5. The smallest absolute Gasteiger partial charge is 0.360 e. The summed E-state index contributed by atoms with van der Waals surface area (Å²) in [5.41, 5.74) is 0.201. The van der Waals surface area contributed by atoms with E-state index in [4.69, 9.17) is 9.15 Å². The van der Waals surface area contributed by atoms with Gasteiger partial charge in [-0.1, -0.05) is 0 Å². The quantitative estimate of drug-likeness (QED) is 0.759. The molecule has 1 aliphatic rings. The molecule has 0 amide bonds. The fourth-order valence-corrected chi connectivity index (χ4v) is 1.87. The molecule has 1 aromatic rings. The molecule has 0 aliphatic heterocycles. The number of rotatable bonds is 7. The molecule has 1 atom stereocenters. The summed E-state index contributed by atoms with van der Waals surface area (Å²) in [5, 5.41) is 3.10. The lowest BCUT2D eigenvalue weighted by atomic mass is 10.3. The highest BCUT2D eigenvalue weighted by Gasteiger charge is 2.29. The minimum Gasteiger partial charge on any atom is -0.461 e. The molecule has 6 heteroatoms. The molecular weight excluding hydrogens is 246 g/mol. The van der Waals surface area contributed by atoms with Gasteiger partial charge < -0.3 is 14.5 Å². The third kappa shape index (κ3) is 3.70. The Morgan fingerprint density at radius 2 is 2.42 bits per heavy atom. The molecule has 1 fully saturated rings. The molecule has 0 radical (unpaired) electrons. The summed E-state index contributed by atoms with van der Waals surface area (Å²) < 4.78 is 10.0. The Labute approximate surface area is 113 Å². The minimum absolute atomic E-state index is 0.201. The van der Waals surface area contributed by atoms with Gasteiger partial charge in [0, 0.05) is 18.6 Å². The first-order valence-corrected chi connectivity index (χ1v) is 6.70. The predicted molar refractivity (Wildman–Crippen MR) is 71.2 cm³/mol. The lowest BCUT2D eigenvalue weighted by Gasteiger charge is -2.24. The van der Waals surface area contributed by atoms with E-state index < -0.39 is 5.97 Å². The molecule has 6 nitrogen and oxygen atoms in total. The topological polar surface area (TPSA) is 67.6 Å². The summed E-state index contributed by atoms with van der Waals surface area (Å²) in [6.07, 6.45) is 3.88. The van der Waals surface area contributed by atoms with Crippen LogP contribution in [0.3, 0.4) is 0 Å². The van der Waals surface area contributed by atoms with Crippen LogP contribution < -0.4 is 5.32 Å². The standard InChI is InChI=1S/C13H21N3O3/c1-4-18-12(17)11-8-19-13(15-11)14-7-9(2)16(3)10-5-6-10/h8-10H,4-7H2,1-3H3,(H,14,15). The van der Waals surface area contributed by atoms with Gasteiger partial charge >= 0.3 is 5.97 Å². The van der Waals surface area contributed by atoms with Crippen LogP contribution in [-0.4, -0.2) is 48.1 Å². The number of ether oxygens (including phenoxy) is 1. The van der Waals surface area contributed by atoms with Gasteiger partial charge in [0.25, 0.3) is 6.01 Å². The van der Waals surface area contributed by atoms with Crippen molar-refractivity contribution in [1.29, 1.82) is 0 Å². The number of esters is 1. The van der Waals surface area contributed by atoms with Crippen LogP contribution in [0.15, 0.2) is 10.7 Å². The molecule has 0 spiro atoms. The van der Waals surface area contributed by atoms with Gasteiger partial charge in [0.1, 0.15) is 6.26 Å². The Morgan fingerprint density at radius 3 is 3.05 bits per heavy atom. The summed E-state index contributed by atoms with van der Waals surface area (Å²) in [4.78, 5) is 17.8. The monoisotopic (exact) mass is 267 g/mol. The number of oxazole rings is 1. The maximum atomic E-state index is 11.4. The minimum atomic E-state index is -0.456. The largest absolute Gasteiger partial charge is 0.461 e. The van der Waals surface area contributed by atoms with Crippen LogP contribution in [0.4, 0.5) is 6.01 Å². The first-order chi connectivity index (χ1) is 9.11. The molecule has 1 aliphatic carbocycles. The average molecular weight is 267 g/mol. The molecule has 1 aromatic heterocycles. The number of aromatic nitrogens is 1. The molecule has 2 rings (SSSR count). The zero-order valence-corrected chi connectivity index (χ0v) is 11.7. The lowest BCUT2D eigenvalue weighted by molar-refractivity contribution is 0.0519. The van der Waals surface area contributed by atoms with E-state index in [0.29, 0.717) is 18.7 Å². The van der Waals surface area contributed by atoms with Gasteiger partial charge in [0.2, 0.25) is 0 Å². The second-order valence-corrected chi connectivity index (χ2v) is 4.88. The Balaban J connectivity index is 1.81. The maximum Gasteiger partial charge on any atom is 0.360 e. The number of carbonyl (C=O) groups is 1. The Kier molecular flexibility index (Phi) is 4.42. The summed E-state index contributed by atoms with van der Waals surface area (Å²) in [7, 11) is 2.13. The van der Waals surface area contributed by atoms with Crippen molar-refractivity contribution >= 4 is 12.0 Å². The number of hydrogen-bond donors (Lipinski definition) is 1. The van der Waals surface area contributed by atoms with Crippen molar-refractivity contribution in [2.24, 2.45) is 0 Å². The van der Waals surface area contributed by atoms with Crippen LogP contribution in [-0.2, 0) is 4.74 Å². The van der Waals surface area contributed by atoms with Crippen LogP contribution in [0.5, 0.6) is 0 Å². The van der Waals surface area contributed by atoms with E-state index in [1.54, 1.807) is 6.92 Å². The molecule has 1 heterocycles. The Morgan fingerprint density at radius 1 is 1.68 bits per heavy atom. The number of hydrogen-bond acceptors (Lipinski definition) is 6. The van der Waals surface area contributed by atoms with Gasteiger partial charge in [0.05, 0.1) is 6.61 Å². The van der Waals surface area contributed by atoms with E-state index in [9.17, 15) is 4.79 Å². The summed E-state index contributed by atoms with van der Waals surface area (Å²) in [5.74, 6) is -0.456. The number of carbonyl (C=O) groups excluding carboxylic acids is 1. The van der Waals surface area contributed by atoms with Crippen LogP contribution in [0, 0.1) is 0 Å². The Bertz CT molecular complexity index is 429. The fraction of sp³-hybridized carbons (Fsp3) is 0.692. The zero-order chi connectivity index (χ0) is 13.8. The third-order valence-corrected chi connectivity index (χ3v) is 3.36. The fourth-order valence-electron chi connectivity index (χ4n) is 1.87. The molecule has 1 unspecified atom stereocenters. The van der Waals surface area contributed by atoms with Gasteiger partial charge in [-0.15, -0.1) is 0 Å². The van der Waals surface area contributed by atoms with Crippen molar-refractivity contribution in [3.8, 4) is 0 Å². The zero-order valence-electron chi connectivity index (χ0n) is 11.7. The number of nitrogens with zero attached hydrogens (tertiary/aromatic N) is 2. The third-order valence-electron chi connectivity index (χ3n) is 3.36. The first-order valence-electron chi connectivity index (χ1n) is 6.70. The van der Waals surface area contributed by atoms with E-state index >= 15 is 0 Å². The van der Waals surface area contributed by atoms with Crippen LogP contribution in [0.25, 0.3) is 0 Å². The van der Waals surface area contributed by atoms with Crippen molar-refractivity contribution in [1.82, 2.24) is 9.88 Å². The lowest BCUT2D eigenvalue weighted by Crippen LogP contribution is -2.36. The first kappa shape index (κ1) is 13.9. The second kappa shape index (κ2) is 6.06. The van der Waals surface area contributed by atoms with Crippen molar-refractivity contribution in [2.75, 3.05) is 25.5 Å². The molecule has 0 bridgehead atoms. The molecule has 0 aromatic carbocycles. The van der Waals surface area contributed by atoms with E-state index in [1.165, 1.54) is 19.1 Å². The van der Waals surface area contributed by atoms with Gasteiger partial charge in [0.15, 0.2) is 5.69 Å². The van der Waals surface area contributed by atoms with Crippen LogP contribution in [0.1, 0.15) is 37.2 Å². The van der Waals surface area contributed by atoms with Crippen molar-refractivity contribution in [3.05, 3.63) is 12.0 Å². The van der Waals surface area contributed by atoms with Crippen molar-refractivity contribution < 1.29 is 13.9 Å². The van der Waals surface area contributed by atoms with E-state index in [2.05, 4.69) is 29.2 Å². The highest BCUT2D eigenvalue weighted by molar-refractivity contribution is 5.87. The van der Waals surface area contributed by atoms with Gasteiger partial charge in [-0.2, -0.15) is 4.98 Å². The van der Waals surface area contributed by atoms with Gasteiger partial charge in [-0.05, 0) is 33.7 Å². The van der Waals surface area contributed by atoms with E-state index in [0.717, 1.165) is 12.6 Å². The van der Waals surface area contributed by atoms with E-state index in [1.807, 2.05) is 0 Å². The molecule has 1 saturated carbocycles. The summed E-state index contributed by atoms with van der Waals surface area (Å²) in [6, 6.07) is 1.47. The molecule has 1 N–H and O–H groups in total. The van der Waals surface area contributed by atoms with Crippen molar-refractivity contribution in [3.63, 3.8) is 0 Å². The number of nitrogens with one attached hydrogen (secondary N) is 1. The number of anilines is 1. The summed E-state index contributed by atoms with van der Waals surface area (Å²) >= 11 is 0. The second-order valence-electron chi connectivity index (χ2n) is 4.88. The predicted octanol–water partition coefficient (Wildman–Crippen LogP) is 1.75.